The van der Waals surface area contributed by atoms with Crippen molar-refractivity contribution in [3.05, 3.63) is 36.4 Å². The molecule has 8 heteroatoms. The van der Waals surface area contributed by atoms with Crippen LogP contribution < -0.4 is 10.6 Å². The molecule has 0 amide bonds. The Morgan fingerprint density at radius 1 is 1.14 bits per heavy atom. The summed E-state index contributed by atoms with van der Waals surface area (Å²) in [6.07, 6.45) is 4.28. The summed E-state index contributed by atoms with van der Waals surface area (Å²) in [5.74, 6) is 1.11. The van der Waals surface area contributed by atoms with Gasteiger partial charge in [0.15, 0.2) is 17.0 Å². The Labute approximate surface area is 172 Å². The highest BCUT2D eigenvalue weighted by atomic mass is 16.3. The molecule has 0 bridgehead atoms. The Balaban J connectivity index is 0.00000145. The summed E-state index contributed by atoms with van der Waals surface area (Å²) in [6.45, 7) is 12.9. The van der Waals surface area contributed by atoms with Crippen LogP contribution in [-0.4, -0.2) is 41.3 Å². The number of aliphatic hydroxyl groups is 1. The Kier molecular flexibility index (Phi) is 7.90. The molecule has 0 fully saturated rings. The minimum Gasteiger partial charge on any atom is -0.388 e. The van der Waals surface area contributed by atoms with Gasteiger partial charge in [-0.05, 0) is 39.3 Å². The van der Waals surface area contributed by atoms with E-state index in [-0.39, 0.29) is 6.04 Å². The van der Waals surface area contributed by atoms with Gasteiger partial charge >= 0.3 is 0 Å². The zero-order chi connectivity index (χ0) is 21.4. The van der Waals surface area contributed by atoms with E-state index < -0.39 is 5.60 Å². The van der Waals surface area contributed by atoms with Gasteiger partial charge in [0, 0.05) is 12.7 Å². The molecule has 0 aliphatic carbocycles. The molecule has 0 aromatic carbocycles. The lowest BCUT2D eigenvalue weighted by atomic mass is 9.97. The second kappa shape index (κ2) is 10.2. The van der Waals surface area contributed by atoms with Crippen LogP contribution in [0.3, 0.4) is 0 Å². The van der Waals surface area contributed by atoms with Gasteiger partial charge in [0.2, 0.25) is 5.95 Å². The van der Waals surface area contributed by atoms with Crippen LogP contribution in [-0.2, 0) is 13.1 Å². The Morgan fingerprint density at radius 2 is 1.90 bits per heavy atom. The van der Waals surface area contributed by atoms with E-state index in [0.29, 0.717) is 18.3 Å². The summed E-state index contributed by atoms with van der Waals surface area (Å²) in [4.78, 5) is 18.1. The predicted octanol–water partition coefficient (Wildman–Crippen LogP) is 3.84. The monoisotopic (exact) mass is 399 g/mol. The number of hydrogen-bond donors (Lipinski definition) is 3. The minimum absolute atomic E-state index is 0.170. The Bertz CT molecular complexity index is 887. The zero-order valence-electron chi connectivity index (χ0n) is 18.3. The number of imidazole rings is 1. The summed E-state index contributed by atoms with van der Waals surface area (Å²) < 4.78 is 1.97. The first-order chi connectivity index (χ1) is 13.9. The van der Waals surface area contributed by atoms with E-state index in [0.717, 1.165) is 29.8 Å². The summed E-state index contributed by atoms with van der Waals surface area (Å²) in [7, 11) is 0. The highest BCUT2D eigenvalue weighted by molar-refractivity contribution is 5.84. The van der Waals surface area contributed by atoms with Crippen LogP contribution in [0.5, 0.6) is 0 Å². The summed E-state index contributed by atoms with van der Waals surface area (Å²) in [5, 5.41) is 17.0. The molecule has 3 N–H and O–H groups in total. The van der Waals surface area contributed by atoms with Crippen LogP contribution in [0, 0.1) is 0 Å². The molecule has 158 valence electrons. The van der Waals surface area contributed by atoms with Crippen molar-refractivity contribution in [1.82, 2.24) is 24.5 Å². The van der Waals surface area contributed by atoms with Crippen molar-refractivity contribution in [2.75, 3.05) is 10.6 Å². The van der Waals surface area contributed by atoms with E-state index in [2.05, 4.69) is 30.6 Å². The standard InChI is InChI=1S/C19H27N7O.C2H6/c1-5-14(19(3,4)27)23-18-24-16(21-11-13-9-7-8-10-20-13)15-17(25-18)26(6-2)12-22-15;1-2/h7-10,12,14,27H,5-6,11H2,1-4H3,(H2,21,23,24,25);1-2H3. The molecule has 3 heterocycles. The number of hydrogen-bond acceptors (Lipinski definition) is 7. The molecule has 8 nitrogen and oxygen atoms in total. The number of pyridine rings is 1. The van der Waals surface area contributed by atoms with Crippen LogP contribution in [0.2, 0.25) is 0 Å². The highest BCUT2D eigenvalue weighted by Crippen LogP contribution is 2.23. The molecule has 0 spiro atoms. The number of nitrogens with one attached hydrogen (secondary N) is 2. The van der Waals surface area contributed by atoms with Gasteiger partial charge in [0.05, 0.1) is 30.2 Å². The van der Waals surface area contributed by atoms with Gasteiger partial charge in [-0.3, -0.25) is 4.98 Å². The van der Waals surface area contributed by atoms with E-state index >= 15 is 0 Å². The maximum atomic E-state index is 10.4. The lowest BCUT2D eigenvalue weighted by Gasteiger charge is -2.29. The maximum Gasteiger partial charge on any atom is 0.227 e. The molecule has 3 aromatic heterocycles. The first-order valence-electron chi connectivity index (χ1n) is 10.3. The van der Waals surface area contributed by atoms with Crippen molar-refractivity contribution in [3.8, 4) is 0 Å². The van der Waals surface area contributed by atoms with E-state index in [1.165, 1.54) is 0 Å². The molecular weight excluding hydrogens is 366 g/mol. The van der Waals surface area contributed by atoms with Crippen LogP contribution in [0.4, 0.5) is 11.8 Å². The third-order valence-electron chi connectivity index (χ3n) is 4.53. The average Bonchev–Trinajstić information content (AvgIpc) is 3.14. The first kappa shape index (κ1) is 22.5. The molecule has 3 aromatic rings. The first-order valence-corrected chi connectivity index (χ1v) is 10.3. The van der Waals surface area contributed by atoms with Crippen molar-refractivity contribution in [3.63, 3.8) is 0 Å². The molecular formula is C21H33N7O. The number of aromatic nitrogens is 5. The van der Waals surface area contributed by atoms with Crippen LogP contribution in [0.1, 0.15) is 53.7 Å². The fourth-order valence-electron chi connectivity index (χ4n) is 2.97. The number of aryl methyl sites for hydroxylation is 1. The second-order valence-electron chi connectivity index (χ2n) is 7.03. The molecule has 0 aliphatic heterocycles. The maximum absolute atomic E-state index is 10.4. The SMILES string of the molecule is CC.CCC(Nc1nc(NCc2ccccn2)c2ncn(CC)c2n1)C(C)(C)O. The summed E-state index contributed by atoms with van der Waals surface area (Å²) in [5.41, 5.74) is 1.50. The largest absolute Gasteiger partial charge is 0.388 e. The van der Waals surface area contributed by atoms with Crippen LogP contribution >= 0.6 is 0 Å². The van der Waals surface area contributed by atoms with Gasteiger partial charge in [0.1, 0.15) is 0 Å². The fraction of sp³-hybridized carbons (Fsp3) is 0.524. The molecule has 1 unspecified atom stereocenters. The number of rotatable bonds is 8. The van der Waals surface area contributed by atoms with Gasteiger partial charge in [-0.2, -0.15) is 9.97 Å². The third kappa shape index (κ3) is 5.63. The van der Waals surface area contributed by atoms with E-state index in [1.807, 2.05) is 50.5 Å². The van der Waals surface area contributed by atoms with Gasteiger partial charge in [-0.1, -0.05) is 26.8 Å². The lowest BCUT2D eigenvalue weighted by Crippen LogP contribution is -2.41. The molecule has 0 radical (unpaired) electrons. The van der Waals surface area contributed by atoms with E-state index in [1.54, 1.807) is 26.4 Å². The van der Waals surface area contributed by atoms with Gasteiger partial charge in [-0.25, -0.2) is 4.98 Å². The molecule has 3 rings (SSSR count). The Hall–Kier alpha value is -2.74. The molecule has 1 atom stereocenters. The third-order valence-corrected chi connectivity index (χ3v) is 4.53. The van der Waals surface area contributed by atoms with Crippen molar-refractivity contribution in [1.29, 1.82) is 0 Å². The number of fused-ring (bicyclic) bond motifs is 1. The van der Waals surface area contributed by atoms with Crippen molar-refractivity contribution < 1.29 is 5.11 Å². The minimum atomic E-state index is -0.889. The van der Waals surface area contributed by atoms with Gasteiger partial charge in [0.25, 0.3) is 0 Å². The Morgan fingerprint density at radius 3 is 2.48 bits per heavy atom. The summed E-state index contributed by atoms with van der Waals surface area (Å²) >= 11 is 0. The summed E-state index contributed by atoms with van der Waals surface area (Å²) in [6, 6.07) is 5.62. The molecule has 0 saturated carbocycles. The topological polar surface area (TPSA) is 101 Å². The van der Waals surface area contributed by atoms with E-state index in [4.69, 9.17) is 0 Å². The highest BCUT2D eigenvalue weighted by Gasteiger charge is 2.26. The number of nitrogens with zero attached hydrogens (tertiary/aromatic N) is 5. The lowest BCUT2D eigenvalue weighted by molar-refractivity contribution is 0.0577. The van der Waals surface area contributed by atoms with E-state index in [9.17, 15) is 5.11 Å². The van der Waals surface area contributed by atoms with Crippen LogP contribution in [0.25, 0.3) is 11.2 Å². The molecule has 29 heavy (non-hydrogen) atoms. The van der Waals surface area contributed by atoms with Crippen molar-refractivity contribution in [2.45, 2.75) is 72.7 Å². The van der Waals surface area contributed by atoms with Crippen LogP contribution in [0.15, 0.2) is 30.7 Å². The predicted molar refractivity (Wildman–Crippen MR) is 118 cm³/mol. The quantitative estimate of drug-likeness (QED) is 0.529. The van der Waals surface area contributed by atoms with Gasteiger partial charge in [-0.15, -0.1) is 0 Å². The molecule has 0 saturated heterocycles. The number of anilines is 2. The van der Waals surface area contributed by atoms with Crippen molar-refractivity contribution in [2.24, 2.45) is 0 Å². The van der Waals surface area contributed by atoms with Crippen molar-refractivity contribution >= 4 is 22.9 Å². The average molecular weight is 400 g/mol. The smallest absolute Gasteiger partial charge is 0.227 e. The molecule has 0 aliphatic rings. The second-order valence-corrected chi connectivity index (χ2v) is 7.03. The zero-order valence-corrected chi connectivity index (χ0v) is 18.3. The normalized spacial score (nSPS) is 12.2. The van der Waals surface area contributed by atoms with Gasteiger partial charge < -0.3 is 20.3 Å². The fourth-order valence-corrected chi connectivity index (χ4v) is 2.97.